The van der Waals surface area contributed by atoms with E-state index >= 15 is 0 Å². The number of nitrogens with zero attached hydrogens (tertiary/aromatic N) is 2. The predicted molar refractivity (Wildman–Crippen MR) is 73.4 cm³/mol. The molecule has 1 atom stereocenters. The van der Waals surface area contributed by atoms with Crippen LogP contribution in [0.3, 0.4) is 0 Å². The van der Waals surface area contributed by atoms with Crippen molar-refractivity contribution in [2.45, 2.75) is 19.9 Å². The van der Waals surface area contributed by atoms with Crippen molar-refractivity contribution < 1.29 is 4.79 Å². The molecule has 2 rings (SSSR count). The molecule has 0 radical (unpaired) electrons. The van der Waals surface area contributed by atoms with Crippen molar-refractivity contribution in [1.29, 1.82) is 5.26 Å². The van der Waals surface area contributed by atoms with E-state index in [9.17, 15) is 4.79 Å². The topological polar surface area (TPSA) is 65.8 Å². The van der Waals surface area contributed by atoms with Gasteiger partial charge in [0.05, 0.1) is 11.6 Å². The smallest absolute Gasteiger partial charge is 0.253 e. The Balaban J connectivity index is 2.35. The summed E-state index contributed by atoms with van der Waals surface area (Å²) >= 11 is 0. The highest BCUT2D eigenvalue weighted by molar-refractivity contribution is 6.06. The monoisotopic (exact) mass is 253 g/mol. The van der Waals surface area contributed by atoms with Crippen LogP contribution in [0.25, 0.3) is 10.9 Å². The Morgan fingerprint density at radius 2 is 2.11 bits per heavy atom. The van der Waals surface area contributed by atoms with Gasteiger partial charge in [0, 0.05) is 17.1 Å². The summed E-state index contributed by atoms with van der Waals surface area (Å²) in [6.07, 6.45) is 1.69. The van der Waals surface area contributed by atoms with E-state index in [1.165, 1.54) is 0 Å². The van der Waals surface area contributed by atoms with Crippen LogP contribution in [0.2, 0.25) is 0 Å². The first-order chi connectivity index (χ1) is 9.13. The standard InChI is InChI=1S/C15H15N3O/c1-10(2)14(9-16)18-15(19)12-5-3-7-13-11(12)6-4-8-17-13/h3-8,10,14H,1-2H3,(H,18,19). The molecule has 1 amide bonds. The third kappa shape index (κ3) is 2.71. The minimum Gasteiger partial charge on any atom is -0.336 e. The minimum absolute atomic E-state index is 0.0713. The third-order valence-electron chi connectivity index (χ3n) is 2.98. The maximum absolute atomic E-state index is 12.2. The zero-order valence-electron chi connectivity index (χ0n) is 10.9. The largest absolute Gasteiger partial charge is 0.336 e. The molecule has 4 heteroatoms. The van der Waals surface area contributed by atoms with Crippen molar-refractivity contribution >= 4 is 16.8 Å². The van der Waals surface area contributed by atoms with Gasteiger partial charge in [-0.2, -0.15) is 5.26 Å². The van der Waals surface area contributed by atoms with Gasteiger partial charge in [0.25, 0.3) is 5.91 Å². The van der Waals surface area contributed by atoms with Crippen LogP contribution in [0.15, 0.2) is 36.5 Å². The highest BCUT2D eigenvalue weighted by atomic mass is 16.1. The lowest BCUT2D eigenvalue weighted by Crippen LogP contribution is -2.37. The summed E-state index contributed by atoms with van der Waals surface area (Å²) in [6.45, 7) is 3.80. The first kappa shape index (κ1) is 13.0. The van der Waals surface area contributed by atoms with E-state index in [-0.39, 0.29) is 11.8 Å². The minimum atomic E-state index is -0.487. The van der Waals surface area contributed by atoms with Gasteiger partial charge in [-0.15, -0.1) is 0 Å². The number of benzene rings is 1. The second kappa shape index (κ2) is 5.49. The van der Waals surface area contributed by atoms with Gasteiger partial charge in [-0.1, -0.05) is 26.0 Å². The maximum Gasteiger partial charge on any atom is 0.253 e. The van der Waals surface area contributed by atoms with Crippen LogP contribution in [0.5, 0.6) is 0 Å². The van der Waals surface area contributed by atoms with Crippen molar-refractivity contribution in [3.63, 3.8) is 0 Å². The zero-order valence-corrected chi connectivity index (χ0v) is 10.9. The van der Waals surface area contributed by atoms with Gasteiger partial charge in [-0.05, 0) is 24.1 Å². The lowest BCUT2D eigenvalue weighted by molar-refractivity contribution is 0.0939. The number of rotatable bonds is 3. The average Bonchev–Trinajstić information content (AvgIpc) is 2.43. The highest BCUT2D eigenvalue weighted by Gasteiger charge is 2.17. The number of carbonyl (C=O) groups is 1. The van der Waals surface area contributed by atoms with Crippen LogP contribution in [-0.4, -0.2) is 16.9 Å². The molecular weight excluding hydrogens is 238 g/mol. The summed E-state index contributed by atoms with van der Waals surface area (Å²) < 4.78 is 0. The van der Waals surface area contributed by atoms with E-state index in [4.69, 9.17) is 5.26 Å². The van der Waals surface area contributed by atoms with Gasteiger partial charge in [0.2, 0.25) is 0 Å². The summed E-state index contributed by atoms with van der Waals surface area (Å²) in [5.41, 5.74) is 1.32. The average molecular weight is 253 g/mol. The molecule has 4 nitrogen and oxygen atoms in total. The van der Waals surface area contributed by atoms with Crippen LogP contribution in [0.1, 0.15) is 24.2 Å². The number of pyridine rings is 1. The second-order valence-corrected chi connectivity index (χ2v) is 4.70. The normalized spacial score (nSPS) is 12.1. The molecule has 1 heterocycles. The molecule has 0 bridgehead atoms. The SMILES string of the molecule is CC(C)C(C#N)NC(=O)c1cccc2ncccc12. The molecular formula is C15H15N3O. The first-order valence-corrected chi connectivity index (χ1v) is 6.17. The molecule has 0 aliphatic carbocycles. The van der Waals surface area contributed by atoms with Crippen molar-refractivity contribution in [2.75, 3.05) is 0 Å². The van der Waals surface area contributed by atoms with E-state index in [0.29, 0.717) is 5.56 Å². The summed E-state index contributed by atoms with van der Waals surface area (Å²) in [4.78, 5) is 16.5. The fourth-order valence-electron chi connectivity index (χ4n) is 1.87. The van der Waals surface area contributed by atoms with Crippen molar-refractivity contribution in [3.8, 4) is 6.07 Å². The molecule has 1 aromatic carbocycles. The van der Waals surface area contributed by atoms with Crippen molar-refractivity contribution in [3.05, 3.63) is 42.1 Å². The molecule has 0 saturated carbocycles. The molecule has 1 unspecified atom stereocenters. The van der Waals surface area contributed by atoms with Crippen molar-refractivity contribution in [1.82, 2.24) is 10.3 Å². The molecule has 0 spiro atoms. The molecule has 1 aromatic heterocycles. The van der Waals surface area contributed by atoms with Gasteiger partial charge in [-0.3, -0.25) is 9.78 Å². The Morgan fingerprint density at radius 1 is 1.32 bits per heavy atom. The van der Waals surface area contributed by atoms with Gasteiger partial charge in [-0.25, -0.2) is 0 Å². The summed E-state index contributed by atoms with van der Waals surface area (Å²) in [5, 5.41) is 12.6. The molecule has 1 N–H and O–H groups in total. The number of carbonyl (C=O) groups excluding carboxylic acids is 1. The van der Waals surface area contributed by atoms with E-state index in [1.54, 1.807) is 24.4 Å². The lowest BCUT2D eigenvalue weighted by Gasteiger charge is -2.15. The molecule has 96 valence electrons. The Bertz CT molecular complexity index is 638. The molecule has 0 saturated heterocycles. The van der Waals surface area contributed by atoms with E-state index < -0.39 is 6.04 Å². The first-order valence-electron chi connectivity index (χ1n) is 6.17. The zero-order chi connectivity index (χ0) is 13.8. The Morgan fingerprint density at radius 3 is 2.79 bits per heavy atom. The summed E-state index contributed by atoms with van der Waals surface area (Å²) in [6, 6.07) is 10.7. The predicted octanol–water partition coefficient (Wildman–Crippen LogP) is 2.51. The third-order valence-corrected chi connectivity index (χ3v) is 2.98. The van der Waals surface area contributed by atoms with Crippen molar-refractivity contribution in [2.24, 2.45) is 5.92 Å². The number of nitriles is 1. The van der Waals surface area contributed by atoms with Crippen LogP contribution in [-0.2, 0) is 0 Å². The molecule has 0 aliphatic rings. The maximum atomic E-state index is 12.2. The Labute approximate surface area is 112 Å². The highest BCUT2D eigenvalue weighted by Crippen LogP contribution is 2.16. The molecule has 19 heavy (non-hydrogen) atoms. The van der Waals surface area contributed by atoms with Crippen LogP contribution in [0.4, 0.5) is 0 Å². The van der Waals surface area contributed by atoms with E-state index in [1.807, 2.05) is 26.0 Å². The number of hydrogen-bond donors (Lipinski definition) is 1. The Kier molecular flexibility index (Phi) is 3.76. The fourth-order valence-corrected chi connectivity index (χ4v) is 1.87. The number of amides is 1. The van der Waals surface area contributed by atoms with Crippen LogP contribution >= 0.6 is 0 Å². The van der Waals surface area contributed by atoms with Gasteiger partial charge in [0.15, 0.2) is 0 Å². The van der Waals surface area contributed by atoms with E-state index in [2.05, 4.69) is 16.4 Å². The van der Waals surface area contributed by atoms with Gasteiger partial charge in [0.1, 0.15) is 6.04 Å². The van der Waals surface area contributed by atoms with Gasteiger partial charge < -0.3 is 5.32 Å². The molecule has 2 aromatic rings. The number of hydrogen-bond acceptors (Lipinski definition) is 3. The number of nitrogens with one attached hydrogen (secondary N) is 1. The lowest BCUT2D eigenvalue weighted by atomic mass is 10.0. The Hall–Kier alpha value is -2.41. The molecule has 0 aliphatic heterocycles. The van der Waals surface area contributed by atoms with Gasteiger partial charge >= 0.3 is 0 Å². The number of fused-ring (bicyclic) bond motifs is 1. The second-order valence-electron chi connectivity index (χ2n) is 4.70. The summed E-state index contributed by atoms with van der Waals surface area (Å²) in [7, 11) is 0. The van der Waals surface area contributed by atoms with Crippen LogP contribution < -0.4 is 5.32 Å². The van der Waals surface area contributed by atoms with Crippen LogP contribution in [0, 0.1) is 17.2 Å². The molecule has 0 fully saturated rings. The quantitative estimate of drug-likeness (QED) is 0.914. The number of aromatic nitrogens is 1. The summed E-state index contributed by atoms with van der Waals surface area (Å²) in [5.74, 6) is -0.166. The van der Waals surface area contributed by atoms with E-state index in [0.717, 1.165) is 10.9 Å². The fraction of sp³-hybridized carbons (Fsp3) is 0.267.